The molecule has 3 aromatic rings. The third-order valence-electron chi connectivity index (χ3n) is 5.02. The van der Waals surface area contributed by atoms with Crippen LogP contribution in [0.25, 0.3) is 10.9 Å². The first-order chi connectivity index (χ1) is 13.6. The average molecular weight is 399 g/mol. The molecule has 1 unspecified atom stereocenters. The summed E-state index contributed by atoms with van der Waals surface area (Å²) in [5.41, 5.74) is 2.51. The van der Waals surface area contributed by atoms with Crippen LogP contribution in [-0.2, 0) is 13.1 Å². The van der Waals surface area contributed by atoms with E-state index in [4.69, 9.17) is 21.1 Å². The maximum Gasteiger partial charge on any atom is 0.268 e. The normalized spacial score (nSPS) is 15.3. The van der Waals surface area contributed by atoms with E-state index in [0.717, 1.165) is 34.4 Å². The van der Waals surface area contributed by atoms with Crippen LogP contribution >= 0.6 is 11.6 Å². The topological polar surface area (TPSA) is 52.5 Å². The van der Waals surface area contributed by atoms with E-state index in [0.29, 0.717) is 30.4 Å². The summed E-state index contributed by atoms with van der Waals surface area (Å²) in [4.78, 5) is 12.9. The number of hydrogen-bond acceptors (Lipinski definition) is 3. The van der Waals surface area contributed by atoms with Crippen LogP contribution in [0.2, 0.25) is 5.02 Å². The van der Waals surface area contributed by atoms with E-state index < -0.39 is 0 Å². The van der Waals surface area contributed by atoms with Gasteiger partial charge in [-0.2, -0.15) is 0 Å². The maximum absolute atomic E-state index is 12.9. The van der Waals surface area contributed by atoms with E-state index in [1.165, 1.54) is 0 Å². The summed E-state index contributed by atoms with van der Waals surface area (Å²) in [6, 6.07) is 13.3. The molecule has 0 bridgehead atoms. The molecule has 0 saturated carbocycles. The lowest BCUT2D eigenvalue weighted by atomic mass is 10.2. The highest BCUT2D eigenvalue weighted by Gasteiger charge is 2.26. The van der Waals surface area contributed by atoms with Crippen LogP contribution in [0.15, 0.2) is 42.5 Å². The van der Waals surface area contributed by atoms with Crippen LogP contribution in [0, 0.1) is 0 Å². The van der Waals surface area contributed by atoms with Crippen LogP contribution in [0.4, 0.5) is 0 Å². The summed E-state index contributed by atoms with van der Waals surface area (Å²) in [5.74, 6) is 1.49. The molecule has 0 radical (unpaired) electrons. The second-order valence-corrected chi connectivity index (χ2v) is 7.26. The van der Waals surface area contributed by atoms with E-state index in [9.17, 15) is 4.79 Å². The molecule has 0 saturated heterocycles. The van der Waals surface area contributed by atoms with Gasteiger partial charge in [0.2, 0.25) is 0 Å². The number of hydrogen-bond donors (Lipinski definition) is 1. The number of halogens is 1. The summed E-state index contributed by atoms with van der Waals surface area (Å²) >= 11 is 6.37. The van der Waals surface area contributed by atoms with Gasteiger partial charge < -0.3 is 19.4 Å². The minimum Gasteiger partial charge on any atom is -0.494 e. The Hall–Kier alpha value is -2.66. The number of carbonyl (C=O) groups is 1. The van der Waals surface area contributed by atoms with Crippen molar-refractivity contribution in [1.29, 1.82) is 0 Å². The van der Waals surface area contributed by atoms with Gasteiger partial charge in [-0.3, -0.25) is 4.79 Å². The molecule has 1 amide bonds. The SMILES string of the molecule is CCOc1ccc(CNC(=O)c2cc3c(Cl)ccc4c3n2CC(CC)O4)cc1. The number of amides is 1. The highest BCUT2D eigenvalue weighted by Crippen LogP contribution is 2.38. The number of aromatic nitrogens is 1. The smallest absolute Gasteiger partial charge is 0.268 e. The molecule has 5 nitrogen and oxygen atoms in total. The predicted molar refractivity (Wildman–Crippen MR) is 110 cm³/mol. The zero-order chi connectivity index (χ0) is 19.7. The van der Waals surface area contributed by atoms with Gasteiger partial charge in [0.25, 0.3) is 5.91 Å². The maximum atomic E-state index is 12.9. The Morgan fingerprint density at radius 3 is 2.75 bits per heavy atom. The van der Waals surface area contributed by atoms with Gasteiger partial charge in [-0.25, -0.2) is 0 Å². The Morgan fingerprint density at radius 1 is 1.25 bits per heavy atom. The quantitative estimate of drug-likeness (QED) is 0.649. The molecule has 1 aliphatic rings. The third kappa shape index (κ3) is 3.42. The van der Waals surface area contributed by atoms with Crippen molar-refractivity contribution in [2.45, 2.75) is 39.5 Å². The van der Waals surface area contributed by atoms with Gasteiger partial charge in [-0.15, -0.1) is 0 Å². The van der Waals surface area contributed by atoms with E-state index in [1.54, 1.807) is 0 Å². The van der Waals surface area contributed by atoms with Crippen molar-refractivity contribution in [3.05, 3.63) is 58.7 Å². The van der Waals surface area contributed by atoms with Crippen molar-refractivity contribution in [2.75, 3.05) is 6.61 Å². The summed E-state index contributed by atoms with van der Waals surface area (Å²) in [6.45, 7) is 5.75. The molecule has 146 valence electrons. The average Bonchev–Trinajstić information content (AvgIpc) is 3.11. The number of carbonyl (C=O) groups excluding carboxylic acids is 1. The molecule has 28 heavy (non-hydrogen) atoms. The lowest BCUT2D eigenvalue weighted by Gasteiger charge is -2.26. The van der Waals surface area contributed by atoms with Crippen molar-refractivity contribution < 1.29 is 14.3 Å². The van der Waals surface area contributed by atoms with Crippen LogP contribution in [0.3, 0.4) is 0 Å². The number of rotatable bonds is 6. The highest BCUT2D eigenvalue weighted by molar-refractivity contribution is 6.36. The number of nitrogens with zero attached hydrogens (tertiary/aromatic N) is 1. The largest absolute Gasteiger partial charge is 0.494 e. The molecule has 2 aromatic carbocycles. The first-order valence-electron chi connectivity index (χ1n) is 9.59. The second kappa shape index (κ2) is 7.76. The lowest BCUT2D eigenvalue weighted by molar-refractivity contribution is 0.0935. The summed E-state index contributed by atoms with van der Waals surface area (Å²) in [5, 5.41) is 4.48. The van der Waals surface area contributed by atoms with Gasteiger partial charge >= 0.3 is 0 Å². The molecular formula is C22H23ClN2O3. The van der Waals surface area contributed by atoms with E-state index in [-0.39, 0.29) is 12.0 Å². The van der Waals surface area contributed by atoms with Gasteiger partial charge in [-0.1, -0.05) is 30.7 Å². The second-order valence-electron chi connectivity index (χ2n) is 6.86. The Kier molecular flexibility index (Phi) is 5.18. The summed E-state index contributed by atoms with van der Waals surface area (Å²) in [7, 11) is 0. The Balaban J connectivity index is 1.58. The van der Waals surface area contributed by atoms with Crippen LogP contribution < -0.4 is 14.8 Å². The summed E-state index contributed by atoms with van der Waals surface area (Å²) in [6.07, 6.45) is 0.913. The zero-order valence-electron chi connectivity index (χ0n) is 16.0. The van der Waals surface area contributed by atoms with Crippen LogP contribution in [0.5, 0.6) is 11.5 Å². The fourth-order valence-corrected chi connectivity index (χ4v) is 3.77. The Morgan fingerprint density at radius 2 is 2.04 bits per heavy atom. The molecule has 6 heteroatoms. The number of benzene rings is 2. The molecule has 0 fully saturated rings. The molecule has 1 aromatic heterocycles. The van der Waals surface area contributed by atoms with Gasteiger partial charge in [0.1, 0.15) is 23.3 Å². The monoisotopic (exact) mass is 398 g/mol. The minimum absolute atomic E-state index is 0.0435. The molecule has 1 atom stereocenters. The molecule has 0 aliphatic carbocycles. The van der Waals surface area contributed by atoms with Crippen molar-refractivity contribution >= 4 is 28.4 Å². The Bertz CT molecular complexity index is 1010. The molecule has 4 rings (SSSR count). The van der Waals surface area contributed by atoms with Gasteiger partial charge in [0, 0.05) is 11.9 Å². The first-order valence-corrected chi connectivity index (χ1v) is 9.96. The molecule has 1 N–H and O–H groups in total. The summed E-state index contributed by atoms with van der Waals surface area (Å²) < 4.78 is 13.5. The molecule has 1 aliphatic heterocycles. The molecule has 0 spiro atoms. The lowest BCUT2D eigenvalue weighted by Crippen LogP contribution is -2.31. The number of ether oxygens (including phenoxy) is 2. The van der Waals surface area contributed by atoms with Crippen molar-refractivity contribution in [1.82, 2.24) is 9.88 Å². The Labute approximate surface area is 169 Å². The van der Waals surface area contributed by atoms with E-state index in [2.05, 4.69) is 12.2 Å². The fraction of sp³-hybridized carbons (Fsp3) is 0.318. The zero-order valence-corrected chi connectivity index (χ0v) is 16.8. The molecule has 2 heterocycles. The van der Waals surface area contributed by atoms with E-state index in [1.807, 2.05) is 54.0 Å². The third-order valence-corrected chi connectivity index (χ3v) is 5.35. The number of nitrogens with one attached hydrogen (secondary N) is 1. The van der Waals surface area contributed by atoms with Crippen LogP contribution in [-0.4, -0.2) is 23.2 Å². The van der Waals surface area contributed by atoms with E-state index >= 15 is 0 Å². The highest BCUT2D eigenvalue weighted by atomic mass is 35.5. The standard InChI is InChI=1S/C22H23ClN2O3/c1-3-15-13-25-19(11-17-18(23)9-10-20(28-15)21(17)25)22(26)24-12-14-5-7-16(8-6-14)27-4-2/h5-11,15H,3-4,12-13H2,1-2H3,(H,24,26). The van der Waals surface area contributed by atoms with Crippen molar-refractivity contribution in [3.63, 3.8) is 0 Å². The molecular weight excluding hydrogens is 376 g/mol. The van der Waals surface area contributed by atoms with Crippen molar-refractivity contribution in [2.24, 2.45) is 0 Å². The fourth-order valence-electron chi connectivity index (χ4n) is 3.56. The minimum atomic E-state index is -0.121. The van der Waals surface area contributed by atoms with Crippen molar-refractivity contribution in [3.8, 4) is 11.5 Å². The van der Waals surface area contributed by atoms with Gasteiger partial charge in [0.15, 0.2) is 0 Å². The van der Waals surface area contributed by atoms with Gasteiger partial charge in [-0.05, 0) is 49.2 Å². The first kappa shape index (κ1) is 18.7. The predicted octanol–water partition coefficient (Wildman–Crippen LogP) is 4.79. The van der Waals surface area contributed by atoms with Gasteiger partial charge in [0.05, 0.1) is 23.7 Å². The van der Waals surface area contributed by atoms with Crippen LogP contribution in [0.1, 0.15) is 36.3 Å².